The summed E-state index contributed by atoms with van der Waals surface area (Å²) in [6.45, 7) is 7.30. The van der Waals surface area contributed by atoms with Crippen LogP contribution in [0, 0.1) is 18.6 Å². The molecule has 5 rings (SSSR count). The summed E-state index contributed by atoms with van der Waals surface area (Å²) in [6.07, 6.45) is 4.08. The first-order valence-corrected chi connectivity index (χ1v) is 14.4. The van der Waals surface area contributed by atoms with E-state index in [0.29, 0.717) is 11.7 Å². The summed E-state index contributed by atoms with van der Waals surface area (Å²) in [7, 11) is 1.66. The van der Waals surface area contributed by atoms with Gasteiger partial charge in [-0.1, -0.05) is 6.92 Å². The van der Waals surface area contributed by atoms with E-state index in [1.54, 1.807) is 31.0 Å². The lowest BCUT2D eigenvalue weighted by atomic mass is 9.87. The minimum Gasteiger partial charge on any atom is -0.493 e. The van der Waals surface area contributed by atoms with E-state index in [1.807, 2.05) is 37.3 Å². The molecule has 4 aromatic rings. The molecule has 1 aliphatic rings. The second-order valence-corrected chi connectivity index (χ2v) is 11.1. The smallest absolute Gasteiger partial charge is 0.180 e. The molecule has 200 valence electrons. The molecular formula is C31H35F2N3OS. The monoisotopic (exact) mass is 535 g/mol. The van der Waals surface area contributed by atoms with Gasteiger partial charge in [-0.25, -0.2) is 13.8 Å². The van der Waals surface area contributed by atoms with Gasteiger partial charge >= 0.3 is 0 Å². The van der Waals surface area contributed by atoms with E-state index in [1.165, 1.54) is 23.4 Å². The number of aromatic nitrogens is 2. The van der Waals surface area contributed by atoms with Gasteiger partial charge in [0, 0.05) is 21.7 Å². The number of likely N-dealkylation sites (tertiary alicyclic amines) is 1. The molecule has 7 heteroatoms. The highest BCUT2D eigenvalue weighted by Crippen LogP contribution is 2.41. The van der Waals surface area contributed by atoms with Gasteiger partial charge in [-0.2, -0.15) is 0 Å². The molecule has 3 heterocycles. The zero-order valence-electron chi connectivity index (χ0n) is 22.3. The van der Waals surface area contributed by atoms with E-state index in [9.17, 15) is 8.78 Å². The van der Waals surface area contributed by atoms with Crippen LogP contribution in [0.3, 0.4) is 0 Å². The molecule has 0 bridgehead atoms. The van der Waals surface area contributed by atoms with Crippen LogP contribution >= 0.6 is 11.8 Å². The molecule has 0 amide bonds. The van der Waals surface area contributed by atoms with E-state index < -0.39 is 0 Å². The van der Waals surface area contributed by atoms with Crippen LogP contribution in [0.2, 0.25) is 0 Å². The Balaban J connectivity index is 1.34. The molecule has 1 aliphatic heterocycles. The first-order chi connectivity index (χ1) is 18.5. The van der Waals surface area contributed by atoms with E-state index in [0.717, 1.165) is 78.4 Å². The van der Waals surface area contributed by atoms with Gasteiger partial charge in [0.2, 0.25) is 0 Å². The number of hydrogen-bond acceptors (Lipinski definition) is 4. The number of ether oxygens (including phenoxy) is 1. The third-order valence-electron chi connectivity index (χ3n) is 7.51. The molecule has 0 spiro atoms. The molecule has 0 aliphatic carbocycles. The Kier molecular flexibility index (Phi) is 8.34. The van der Waals surface area contributed by atoms with Gasteiger partial charge in [-0.3, -0.25) is 4.57 Å². The Labute approximate surface area is 228 Å². The maximum atomic E-state index is 14.5. The Bertz CT molecular complexity index is 1390. The fourth-order valence-electron chi connectivity index (χ4n) is 5.69. The van der Waals surface area contributed by atoms with Gasteiger partial charge in [-0.05, 0) is 124 Å². The summed E-state index contributed by atoms with van der Waals surface area (Å²) in [5, 5.41) is 1.11. The van der Waals surface area contributed by atoms with Gasteiger partial charge in [-0.15, -0.1) is 11.8 Å². The van der Waals surface area contributed by atoms with Crippen LogP contribution in [-0.2, 0) is 6.42 Å². The molecule has 0 radical (unpaired) electrons. The van der Waals surface area contributed by atoms with Crippen LogP contribution in [0.15, 0.2) is 59.5 Å². The summed E-state index contributed by atoms with van der Waals surface area (Å²) in [5.41, 5.74) is 4.28. The first kappa shape index (κ1) is 26.7. The van der Waals surface area contributed by atoms with Crippen molar-refractivity contribution in [3.8, 4) is 11.6 Å². The van der Waals surface area contributed by atoms with Crippen LogP contribution in [-0.4, -0.2) is 46.9 Å². The average Bonchev–Trinajstić information content (AvgIpc) is 3.25. The fourth-order valence-corrected chi connectivity index (χ4v) is 6.53. The highest BCUT2D eigenvalue weighted by molar-refractivity contribution is 7.99. The summed E-state index contributed by atoms with van der Waals surface area (Å²) >= 11 is 1.78. The summed E-state index contributed by atoms with van der Waals surface area (Å²) in [5.74, 6) is 2.42. The van der Waals surface area contributed by atoms with Crippen molar-refractivity contribution in [2.45, 2.75) is 50.3 Å². The van der Waals surface area contributed by atoms with Crippen molar-refractivity contribution < 1.29 is 13.5 Å². The van der Waals surface area contributed by atoms with Crippen LogP contribution < -0.4 is 4.74 Å². The number of rotatable bonds is 9. The standard InChI is InChI=1S/C31H35F2N3OS/c1-4-27-30(22-14-17-35(18-15-22)16-5-19-38-25-10-7-23(32)8-11-25)26-12-9-24(33)20-28(26)36(27)31-29(37-3)13-6-21(2)34-31/h6-13,20,22H,4-5,14-19H2,1-3H3. The third-order valence-corrected chi connectivity index (χ3v) is 8.61. The molecule has 2 aromatic heterocycles. The van der Waals surface area contributed by atoms with Crippen molar-refractivity contribution in [2.75, 3.05) is 32.5 Å². The molecule has 0 atom stereocenters. The van der Waals surface area contributed by atoms with Crippen molar-refractivity contribution in [1.29, 1.82) is 0 Å². The molecule has 0 unspecified atom stereocenters. The predicted molar refractivity (Wildman–Crippen MR) is 152 cm³/mol. The van der Waals surface area contributed by atoms with E-state index >= 15 is 0 Å². The molecule has 0 N–H and O–H groups in total. The minimum absolute atomic E-state index is 0.189. The molecular weight excluding hydrogens is 500 g/mol. The molecule has 1 fully saturated rings. The number of methoxy groups -OCH3 is 1. The van der Waals surface area contributed by atoms with Crippen LogP contribution in [0.5, 0.6) is 5.75 Å². The Hall–Kier alpha value is -2.90. The number of thioether (sulfide) groups is 1. The predicted octanol–water partition coefficient (Wildman–Crippen LogP) is 7.54. The van der Waals surface area contributed by atoms with Crippen LogP contribution in [0.25, 0.3) is 16.7 Å². The van der Waals surface area contributed by atoms with E-state index in [4.69, 9.17) is 9.72 Å². The lowest BCUT2D eigenvalue weighted by Crippen LogP contribution is -2.34. The van der Waals surface area contributed by atoms with E-state index in [2.05, 4.69) is 16.4 Å². The largest absolute Gasteiger partial charge is 0.493 e. The van der Waals surface area contributed by atoms with Crippen molar-refractivity contribution in [2.24, 2.45) is 0 Å². The second-order valence-electron chi connectivity index (χ2n) is 9.96. The third kappa shape index (κ3) is 5.59. The summed E-state index contributed by atoms with van der Waals surface area (Å²) in [4.78, 5) is 8.50. The van der Waals surface area contributed by atoms with Gasteiger partial charge < -0.3 is 9.64 Å². The Morgan fingerprint density at radius 2 is 1.74 bits per heavy atom. The highest BCUT2D eigenvalue weighted by Gasteiger charge is 2.28. The average molecular weight is 536 g/mol. The van der Waals surface area contributed by atoms with Crippen LogP contribution in [0.1, 0.15) is 49.1 Å². The highest BCUT2D eigenvalue weighted by atomic mass is 32.2. The first-order valence-electron chi connectivity index (χ1n) is 13.4. The molecule has 4 nitrogen and oxygen atoms in total. The zero-order chi connectivity index (χ0) is 26.6. The number of fused-ring (bicyclic) bond motifs is 1. The van der Waals surface area contributed by atoms with Gasteiger partial charge in [0.15, 0.2) is 11.6 Å². The zero-order valence-corrected chi connectivity index (χ0v) is 23.2. The summed E-state index contributed by atoms with van der Waals surface area (Å²) in [6, 6.07) is 15.8. The number of nitrogens with zero attached hydrogens (tertiary/aromatic N) is 3. The van der Waals surface area contributed by atoms with Gasteiger partial charge in [0.1, 0.15) is 11.6 Å². The van der Waals surface area contributed by atoms with Gasteiger partial charge in [0.05, 0.1) is 12.6 Å². The number of pyridine rings is 1. The lowest BCUT2D eigenvalue weighted by Gasteiger charge is -2.32. The fraction of sp³-hybridized carbons (Fsp3) is 0.387. The maximum Gasteiger partial charge on any atom is 0.180 e. The lowest BCUT2D eigenvalue weighted by molar-refractivity contribution is 0.213. The quantitative estimate of drug-likeness (QED) is 0.164. The summed E-state index contributed by atoms with van der Waals surface area (Å²) < 4.78 is 35.4. The van der Waals surface area contributed by atoms with E-state index in [-0.39, 0.29) is 11.6 Å². The van der Waals surface area contributed by atoms with Gasteiger partial charge in [0.25, 0.3) is 0 Å². The molecule has 1 saturated heterocycles. The Morgan fingerprint density at radius 1 is 1.00 bits per heavy atom. The number of hydrogen-bond donors (Lipinski definition) is 0. The Morgan fingerprint density at radius 3 is 2.45 bits per heavy atom. The molecule has 0 saturated carbocycles. The maximum absolute atomic E-state index is 14.5. The molecule has 38 heavy (non-hydrogen) atoms. The van der Waals surface area contributed by atoms with Crippen molar-refractivity contribution in [3.05, 3.63) is 83.2 Å². The number of halogens is 2. The second kappa shape index (κ2) is 11.9. The number of aryl methyl sites for hydroxylation is 1. The van der Waals surface area contributed by atoms with Crippen molar-refractivity contribution >= 4 is 22.7 Å². The minimum atomic E-state index is -0.245. The normalized spacial score (nSPS) is 14.9. The number of benzene rings is 2. The van der Waals surface area contributed by atoms with Crippen molar-refractivity contribution in [1.82, 2.24) is 14.5 Å². The SMILES string of the molecule is CCc1c(C2CCN(CCCSc3ccc(F)cc3)CC2)c2ccc(F)cc2n1-c1nc(C)ccc1OC. The number of piperidine rings is 1. The van der Waals surface area contributed by atoms with Crippen LogP contribution in [0.4, 0.5) is 8.78 Å². The molecule has 2 aromatic carbocycles. The van der Waals surface area contributed by atoms with Crippen molar-refractivity contribution in [3.63, 3.8) is 0 Å². The topological polar surface area (TPSA) is 30.3 Å².